The third kappa shape index (κ3) is 5.58. The summed E-state index contributed by atoms with van der Waals surface area (Å²) in [6.45, 7) is 0. The highest BCUT2D eigenvalue weighted by Gasteiger charge is 2.21. The first-order chi connectivity index (χ1) is 18.3. The standard InChI is InChI=1S/C27H15Br2ClIN3O4/c28-15-10-14(25(19(29)11-15)38-27(36)22-6-3-9-37-22)13-32-34-26(35)24-23(17-4-1-2-5-20(17)30)18-12-16(31)7-8-21(18)33-24/h1-13,33H,(H,34,35). The van der Waals surface area contributed by atoms with Crippen molar-refractivity contribution in [1.82, 2.24) is 10.4 Å². The number of aromatic amines is 1. The van der Waals surface area contributed by atoms with Gasteiger partial charge in [0.1, 0.15) is 5.69 Å². The van der Waals surface area contributed by atoms with Gasteiger partial charge in [-0.3, -0.25) is 4.79 Å². The molecule has 1 amide bonds. The number of H-pyrrole nitrogens is 1. The molecule has 0 aliphatic carbocycles. The molecular formula is C27H15Br2ClIN3O4. The second-order valence-corrected chi connectivity index (χ2v) is 11.3. The Morgan fingerprint density at radius 1 is 1.08 bits per heavy atom. The number of rotatable bonds is 6. The van der Waals surface area contributed by atoms with Crippen molar-refractivity contribution in [1.29, 1.82) is 0 Å². The average molecular weight is 768 g/mol. The van der Waals surface area contributed by atoms with Crippen LogP contribution in [0.25, 0.3) is 22.0 Å². The van der Waals surface area contributed by atoms with Gasteiger partial charge in [0, 0.05) is 40.7 Å². The molecule has 0 unspecified atom stereocenters. The van der Waals surface area contributed by atoms with Gasteiger partial charge >= 0.3 is 5.97 Å². The van der Waals surface area contributed by atoms with Gasteiger partial charge in [-0.1, -0.05) is 45.7 Å². The molecule has 3 aromatic carbocycles. The Kier molecular flexibility index (Phi) is 8.03. The van der Waals surface area contributed by atoms with E-state index in [2.05, 4.69) is 70.0 Å². The van der Waals surface area contributed by atoms with Crippen LogP contribution in [0.2, 0.25) is 5.02 Å². The molecule has 38 heavy (non-hydrogen) atoms. The van der Waals surface area contributed by atoms with Crippen molar-refractivity contribution >= 4 is 95.0 Å². The smallest absolute Gasteiger partial charge is 0.379 e. The van der Waals surface area contributed by atoms with Crippen molar-refractivity contribution in [2.75, 3.05) is 0 Å². The Hall–Kier alpha value is -2.93. The van der Waals surface area contributed by atoms with Gasteiger partial charge in [0.15, 0.2) is 5.75 Å². The topological polar surface area (TPSA) is 96.7 Å². The van der Waals surface area contributed by atoms with E-state index in [4.69, 9.17) is 20.8 Å². The zero-order valence-corrected chi connectivity index (χ0v) is 25.2. The minimum atomic E-state index is -0.672. The number of hydrogen-bond acceptors (Lipinski definition) is 5. The number of carbonyl (C=O) groups excluding carboxylic acids is 2. The van der Waals surface area contributed by atoms with Crippen LogP contribution in [-0.4, -0.2) is 23.1 Å². The van der Waals surface area contributed by atoms with E-state index >= 15 is 0 Å². The minimum absolute atomic E-state index is 0.0524. The van der Waals surface area contributed by atoms with Gasteiger partial charge < -0.3 is 14.1 Å². The van der Waals surface area contributed by atoms with E-state index < -0.39 is 11.9 Å². The van der Waals surface area contributed by atoms with Crippen molar-refractivity contribution < 1.29 is 18.7 Å². The predicted octanol–water partition coefficient (Wildman–Crippen LogP) is 8.19. The summed E-state index contributed by atoms with van der Waals surface area (Å²) >= 11 is 15.6. The molecule has 0 atom stereocenters. The summed E-state index contributed by atoms with van der Waals surface area (Å²) in [5.41, 5.74) is 5.50. The first-order valence-electron chi connectivity index (χ1n) is 11.0. The first kappa shape index (κ1) is 26.7. The number of amides is 1. The van der Waals surface area contributed by atoms with Crippen molar-refractivity contribution in [3.05, 3.63) is 108 Å². The molecule has 0 radical (unpaired) electrons. The number of hydrazone groups is 1. The number of furan rings is 1. The van der Waals surface area contributed by atoms with E-state index in [0.717, 1.165) is 20.0 Å². The monoisotopic (exact) mass is 765 g/mol. The molecule has 2 N–H and O–H groups in total. The van der Waals surface area contributed by atoms with Gasteiger partial charge in [-0.05, 0) is 87.1 Å². The fraction of sp³-hybridized carbons (Fsp3) is 0. The van der Waals surface area contributed by atoms with Crippen LogP contribution in [0, 0.1) is 3.57 Å². The van der Waals surface area contributed by atoms with Crippen molar-refractivity contribution in [2.45, 2.75) is 0 Å². The zero-order valence-electron chi connectivity index (χ0n) is 19.1. The number of aromatic nitrogens is 1. The summed E-state index contributed by atoms with van der Waals surface area (Å²) in [6.07, 6.45) is 2.77. The second-order valence-electron chi connectivity index (χ2n) is 7.92. The molecule has 190 valence electrons. The first-order valence-corrected chi connectivity index (χ1v) is 14.0. The van der Waals surface area contributed by atoms with Gasteiger partial charge in [-0.25, -0.2) is 10.2 Å². The summed E-state index contributed by atoms with van der Waals surface area (Å²) in [6, 6.07) is 19.7. The molecule has 0 saturated heterocycles. The maximum absolute atomic E-state index is 13.3. The number of esters is 1. The molecule has 5 rings (SSSR count). The van der Waals surface area contributed by atoms with Crippen LogP contribution in [-0.2, 0) is 0 Å². The number of hydrogen-bond donors (Lipinski definition) is 2. The Balaban J connectivity index is 1.47. The van der Waals surface area contributed by atoms with Crippen LogP contribution in [0.1, 0.15) is 26.6 Å². The highest BCUT2D eigenvalue weighted by atomic mass is 127. The lowest BCUT2D eigenvalue weighted by Gasteiger charge is -2.10. The largest absolute Gasteiger partial charge is 0.457 e. The molecule has 2 heterocycles. The predicted molar refractivity (Wildman–Crippen MR) is 162 cm³/mol. The lowest BCUT2D eigenvalue weighted by molar-refractivity contribution is 0.0699. The van der Waals surface area contributed by atoms with Crippen molar-refractivity contribution in [2.24, 2.45) is 5.10 Å². The van der Waals surface area contributed by atoms with E-state index in [9.17, 15) is 9.59 Å². The number of nitrogens with one attached hydrogen (secondary N) is 2. The Labute approximate surface area is 252 Å². The number of benzene rings is 3. The van der Waals surface area contributed by atoms with Crippen LogP contribution >= 0.6 is 66.1 Å². The summed E-state index contributed by atoms with van der Waals surface area (Å²) < 4.78 is 12.9. The van der Waals surface area contributed by atoms with Gasteiger partial charge in [0.05, 0.1) is 17.0 Å². The maximum Gasteiger partial charge on any atom is 0.379 e. The summed E-state index contributed by atoms with van der Waals surface area (Å²) in [4.78, 5) is 29.0. The van der Waals surface area contributed by atoms with Crippen molar-refractivity contribution in [3.8, 4) is 16.9 Å². The fourth-order valence-corrected chi connectivity index (χ4v) is 5.88. The highest BCUT2D eigenvalue weighted by molar-refractivity contribution is 14.1. The summed E-state index contributed by atoms with van der Waals surface area (Å²) in [5.74, 6) is -0.875. The quantitative estimate of drug-likeness (QED) is 0.0599. The highest BCUT2D eigenvalue weighted by Crippen LogP contribution is 2.37. The number of nitrogens with zero attached hydrogens (tertiary/aromatic N) is 1. The molecular weight excluding hydrogens is 752 g/mol. The van der Waals surface area contributed by atoms with E-state index in [1.165, 1.54) is 18.5 Å². The van der Waals surface area contributed by atoms with E-state index in [-0.39, 0.29) is 11.5 Å². The summed E-state index contributed by atoms with van der Waals surface area (Å²) in [5, 5.41) is 5.52. The summed E-state index contributed by atoms with van der Waals surface area (Å²) in [7, 11) is 0. The van der Waals surface area contributed by atoms with Gasteiger partial charge in [-0.15, -0.1) is 0 Å². The second kappa shape index (κ2) is 11.4. The van der Waals surface area contributed by atoms with Crippen LogP contribution in [0.5, 0.6) is 5.75 Å². The van der Waals surface area contributed by atoms with E-state index in [0.29, 0.717) is 30.8 Å². The van der Waals surface area contributed by atoms with Crippen LogP contribution in [0.15, 0.2) is 91.5 Å². The Morgan fingerprint density at radius 2 is 1.89 bits per heavy atom. The SMILES string of the molecule is O=C(Oc1c(Br)cc(Br)cc1C=NNC(=O)c1[nH]c2ccc(I)cc2c1-c1ccccc1Cl)c1ccco1. The number of ether oxygens (including phenoxy) is 1. The third-order valence-electron chi connectivity index (χ3n) is 5.45. The molecule has 0 bridgehead atoms. The van der Waals surface area contributed by atoms with Crippen molar-refractivity contribution in [3.63, 3.8) is 0 Å². The zero-order chi connectivity index (χ0) is 26.8. The molecule has 7 nitrogen and oxygen atoms in total. The molecule has 2 aromatic heterocycles. The van der Waals surface area contributed by atoms with E-state index in [1.54, 1.807) is 24.3 Å². The average Bonchev–Trinajstić information content (AvgIpc) is 3.55. The fourth-order valence-electron chi connectivity index (χ4n) is 3.82. The minimum Gasteiger partial charge on any atom is -0.457 e. The van der Waals surface area contributed by atoms with Crippen LogP contribution in [0.3, 0.4) is 0 Å². The number of carbonyl (C=O) groups is 2. The lowest BCUT2D eigenvalue weighted by Crippen LogP contribution is -2.19. The molecule has 0 saturated carbocycles. The molecule has 0 aliphatic heterocycles. The molecule has 0 aliphatic rings. The van der Waals surface area contributed by atoms with Gasteiger partial charge in [-0.2, -0.15) is 5.10 Å². The molecule has 11 heteroatoms. The lowest BCUT2D eigenvalue weighted by atomic mass is 10.0. The van der Waals surface area contributed by atoms with E-state index in [1.807, 2.05) is 36.4 Å². The Bertz CT molecular complexity index is 1720. The van der Waals surface area contributed by atoms with Gasteiger partial charge in [0.25, 0.3) is 5.91 Å². The molecule has 5 aromatic rings. The number of fused-ring (bicyclic) bond motifs is 1. The maximum atomic E-state index is 13.3. The molecule has 0 fully saturated rings. The normalized spacial score (nSPS) is 11.3. The Morgan fingerprint density at radius 3 is 2.66 bits per heavy atom. The molecule has 0 spiro atoms. The third-order valence-corrected chi connectivity index (χ3v) is 7.50. The van der Waals surface area contributed by atoms with Crippen LogP contribution < -0.4 is 10.2 Å². The van der Waals surface area contributed by atoms with Crippen LogP contribution in [0.4, 0.5) is 0 Å². The number of halogens is 4. The van der Waals surface area contributed by atoms with Gasteiger partial charge in [0.2, 0.25) is 5.76 Å².